The van der Waals surface area contributed by atoms with Crippen LogP contribution in [0.2, 0.25) is 0 Å². The summed E-state index contributed by atoms with van der Waals surface area (Å²) < 4.78 is 7.02. The predicted octanol–water partition coefficient (Wildman–Crippen LogP) is 2.34. The van der Waals surface area contributed by atoms with Crippen molar-refractivity contribution in [3.8, 4) is 0 Å². The van der Waals surface area contributed by atoms with E-state index in [1.54, 1.807) is 18.3 Å². The van der Waals surface area contributed by atoms with E-state index in [2.05, 4.69) is 0 Å². The highest BCUT2D eigenvalue weighted by atomic mass is 16.4. The van der Waals surface area contributed by atoms with Crippen LogP contribution < -0.4 is 0 Å². The van der Waals surface area contributed by atoms with Crippen molar-refractivity contribution < 1.29 is 19.1 Å². The summed E-state index contributed by atoms with van der Waals surface area (Å²) in [4.78, 5) is 22.0. The zero-order valence-corrected chi connectivity index (χ0v) is 10.1. The molecule has 2 rings (SSSR count). The molecule has 0 aliphatic rings. The molecule has 94 valence electrons. The van der Waals surface area contributed by atoms with Gasteiger partial charge < -0.3 is 14.1 Å². The Hall–Kier alpha value is -2.30. The zero-order chi connectivity index (χ0) is 13.3. The lowest BCUT2D eigenvalue weighted by Gasteiger charge is -2.04. The summed E-state index contributed by atoms with van der Waals surface area (Å²) in [5.41, 5.74) is 1.51. The molecule has 18 heavy (non-hydrogen) atoms. The second-order valence-electron chi connectivity index (χ2n) is 4.07. The fraction of sp³-hybridized carbons (Fsp3) is 0.231. The summed E-state index contributed by atoms with van der Waals surface area (Å²) >= 11 is 0. The van der Waals surface area contributed by atoms with E-state index in [0.717, 1.165) is 5.69 Å². The van der Waals surface area contributed by atoms with E-state index in [1.807, 2.05) is 11.5 Å². The quantitative estimate of drug-likeness (QED) is 0.841. The lowest BCUT2D eigenvalue weighted by Crippen LogP contribution is -2.02. The van der Waals surface area contributed by atoms with E-state index in [1.165, 1.54) is 13.0 Å². The van der Waals surface area contributed by atoms with Crippen molar-refractivity contribution in [2.75, 3.05) is 0 Å². The number of carbonyl (C=O) groups excluding carboxylic acids is 1. The summed E-state index contributed by atoms with van der Waals surface area (Å²) in [5, 5.41) is 8.75. The maximum Gasteiger partial charge on any atom is 0.371 e. The Kier molecular flexibility index (Phi) is 3.06. The van der Waals surface area contributed by atoms with Crippen LogP contribution in [0, 0.1) is 6.92 Å². The minimum absolute atomic E-state index is 0.0110. The average Bonchev–Trinajstić information content (AvgIpc) is 2.87. The number of hydrogen-bond acceptors (Lipinski definition) is 3. The molecule has 0 bridgehead atoms. The standard InChI is InChI=1S/C13H13NO4/c1-8-11(9(2)15)5-6-14(8)7-10-3-4-12(18-10)13(16)17/h3-6H,7H2,1-2H3,(H,16,17). The lowest BCUT2D eigenvalue weighted by molar-refractivity contribution is 0.0660. The van der Waals surface area contributed by atoms with Crippen LogP contribution in [-0.2, 0) is 6.54 Å². The first kappa shape index (κ1) is 12.2. The van der Waals surface area contributed by atoms with Crippen LogP contribution in [0.25, 0.3) is 0 Å². The first-order chi connectivity index (χ1) is 8.49. The Balaban J connectivity index is 2.23. The number of carboxylic acids is 1. The van der Waals surface area contributed by atoms with Crippen molar-refractivity contribution in [1.82, 2.24) is 4.57 Å². The number of hydrogen-bond donors (Lipinski definition) is 1. The Bertz CT molecular complexity index is 606. The molecule has 2 heterocycles. The Morgan fingerprint density at radius 2 is 2.06 bits per heavy atom. The van der Waals surface area contributed by atoms with Crippen LogP contribution in [0.4, 0.5) is 0 Å². The number of ketones is 1. The molecule has 5 nitrogen and oxygen atoms in total. The van der Waals surface area contributed by atoms with Crippen molar-refractivity contribution in [2.24, 2.45) is 0 Å². The summed E-state index contributed by atoms with van der Waals surface area (Å²) in [6, 6.07) is 4.79. The van der Waals surface area contributed by atoms with E-state index in [-0.39, 0.29) is 11.5 Å². The van der Waals surface area contributed by atoms with Crippen LogP contribution in [0.5, 0.6) is 0 Å². The minimum Gasteiger partial charge on any atom is -0.475 e. The molecule has 2 aromatic rings. The molecular weight excluding hydrogens is 234 g/mol. The number of Topliss-reactive ketones (excluding diaryl/α,β-unsaturated/α-hetero) is 1. The summed E-state index contributed by atoms with van der Waals surface area (Å²) in [7, 11) is 0. The zero-order valence-electron chi connectivity index (χ0n) is 10.1. The van der Waals surface area contributed by atoms with Crippen molar-refractivity contribution in [3.63, 3.8) is 0 Å². The molecule has 5 heteroatoms. The summed E-state index contributed by atoms with van der Waals surface area (Å²) in [6.45, 7) is 3.77. The van der Waals surface area contributed by atoms with Gasteiger partial charge in [0.15, 0.2) is 5.78 Å². The molecule has 0 radical (unpaired) electrons. The van der Waals surface area contributed by atoms with Gasteiger partial charge in [-0.05, 0) is 32.0 Å². The van der Waals surface area contributed by atoms with Gasteiger partial charge in [0.2, 0.25) is 5.76 Å². The highest BCUT2D eigenvalue weighted by Gasteiger charge is 2.12. The van der Waals surface area contributed by atoms with E-state index in [4.69, 9.17) is 9.52 Å². The van der Waals surface area contributed by atoms with Crippen molar-refractivity contribution in [1.29, 1.82) is 0 Å². The molecule has 0 amide bonds. The second-order valence-corrected chi connectivity index (χ2v) is 4.07. The fourth-order valence-corrected chi connectivity index (χ4v) is 1.84. The molecule has 0 unspecified atom stereocenters. The van der Waals surface area contributed by atoms with Crippen molar-refractivity contribution in [3.05, 3.63) is 47.2 Å². The Labute approximate surface area is 104 Å². The highest BCUT2D eigenvalue weighted by molar-refractivity contribution is 5.95. The third-order valence-electron chi connectivity index (χ3n) is 2.82. The molecule has 0 aliphatic carbocycles. The van der Waals surface area contributed by atoms with Gasteiger partial charge in [-0.3, -0.25) is 4.79 Å². The van der Waals surface area contributed by atoms with E-state index >= 15 is 0 Å². The molecule has 0 spiro atoms. The monoisotopic (exact) mass is 247 g/mol. The Morgan fingerprint density at radius 1 is 1.33 bits per heavy atom. The molecule has 0 saturated carbocycles. The van der Waals surface area contributed by atoms with Crippen molar-refractivity contribution in [2.45, 2.75) is 20.4 Å². The molecule has 2 aromatic heterocycles. The van der Waals surface area contributed by atoms with Gasteiger partial charge in [-0.2, -0.15) is 0 Å². The van der Waals surface area contributed by atoms with Crippen LogP contribution in [0.15, 0.2) is 28.8 Å². The fourth-order valence-electron chi connectivity index (χ4n) is 1.84. The van der Waals surface area contributed by atoms with Gasteiger partial charge in [0.1, 0.15) is 5.76 Å². The largest absolute Gasteiger partial charge is 0.475 e. The SMILES string of the molecule is CC(=O)c1ccn(Cc2ccc(C(=O)O)o2)c1C. The number of aromatic carboxylic acids is 1. The van der Waals surface area contributed by atoms with Gasteiger partial charge in [-0.1, -0.05) is 0 Å². The molecule has 0 aliphatic heterocycles. The van der Waals surface area contributed by atoms with Crippen LogP contribution >= 0.6 is 0 Å². The third kappa shape index (κ3) is 2.20. The number of carboxylic acid groups (broad SMARTS) is 1. The van der Waals surface area contributed by atoms with Gasteiger partial charge >= 0.3 is 5.97 Å². The molecule has 1 N–H and O–H groups in total. The summed E-state index contributed by atoms with van der Waals surface area (Å²) in [5.74, 6) is -0.616. The lowest BCUT2D eigenvalue weighted by atomic mass is 10.2. The molecule has 0 aromatic carbocycles. The van der Waals surface area contributed by atoms with Crippen LogP contribution in [-0.4, -0.2) is 21.4 Å². The average molecular weight is 247 g/mol. The number of nitrogens with zero attached hydrogens (tertiary/aromatic N) is 1. The van der Waals surface area contributed by atoms with Crippen LogP contribution in [0.3, 0.4) is 0 Å². The number of carbonyl (C=O) groups is 2. The summed E-state index contributed by atoms with van der Waals surface area (Å²) in [6.07, 6.45) is 1.79. The van der Waals surface area contributed by atoms with Crippen LogP contribution in [0.1, 0.15) is 39.3 Å². The maximum atomic E-state index is 11.3. The number of aromatic nitrogens is 1. The van der Waals surface area contributed by atoms with Gasteiger partial charge in [0.25, 0.3) is 0 Å². The maximum absolute atomic E-state index is 11.3. The molecule has 0 saturated heterocycles. The second kappa shape index (κ2) is 4.52. The van der Waals surface area contributed by atoms with Gasteiger partial charge in [-0.25, -0.2) is 4.79 Å². The van der Waals surface area contributed by atoms with Gasteiger partial charge in [0.05, 0.1) is 6.54 Å². The highest BCUT2D eigenvalue weighted by Crippen LogP contribution is 2.15. The minimum atomic E-state index is -1.09. The third-order valence-corrected chi connectivity index (χ3v) is 2.82. The molecule has 0 fully saturated rings. The normalized spacial score (nSPS) is 10.6. The van der Waals surface area contributed by atoms with E-state index in [0.29, 0.717) is 17.9 Å². The topological polar surface area (TPSA) is 72.4 Å². The van der Waals surface area contributed by atoms with E-state index < -0.39 is 5.97 Å². The van der Waals surface area contributed by atoms with E-state index in [9.17, 15) is 9.59 Å². The number of rotatable bonds is 4. The first-order valence-electron chi connectivity index (χ1n) is 5.47. The Morgan fingerprint density at radius 3 is 2.56 bits per heavy atom. The predicted molar refractivity (Wildman–Crippen MR) is 63.9 cm³/mol. The smallest absolute Gasteiger partial charge is 0.371 e. The van der Waals surface area contributed by atoms with Gasteiger partial charge in [0, 0.05) is 17.5 Å². The molecular formula is C13H13NO4. The van der Waals surface area contributed by atoms with Crippen molar-refractivity contribution >= 4 is 11.8 Å². The van der Waals surface area contributed by atoms with Gasteiger partial charge in [-0.15, -0.1) is 0 Å². The molecule has 0 atom stereocenters. The first-order valence-corrected chi connectivity index (χ1v) is 5.47. The number of furan rings is 1.